The Balaban J connectivity index is 2.88. The first kappa shape index (κ1) is 8.34. The molecule has 12 heavy (non-hydrogen) atoms. The van der Waals surface area contributed by atoms with Crippen molar-refractivity contribution in [2.24, 2.45) is 0 Å². The summed E-state index contributed by atoms with van der Waals surface area (Å²) in [6, 6.07) is 5.74. The minimum absolute atomic E-state index is 0.0217. The predicted molar refractivity (Wildman–Crippen MR) is 39.1 cm³/mol. The van der Waals surface area contributed by atoms with Crippen molar-refractivity contribution in [3.8, 4) is 6.07 Å². The predicted octanol–water partition coefficient (Wildman–Crippen LogP) is 1.13. The number of halogens is 1. The van der Waals surface area contributed by atoms with E-state index in [1.165, 1.54) is 18.3 Å². The fourth-order valence-electron chi connectivity index (χ4n) is 0.697. The fourth-order valence-corrected chi connectivity index (χ4v) is 0.697. The summed E-state index contributed by atoms with van der Waals surface area (Å²) in [5.41, 5.74) is -0.0217. The van der Waals surface area contributed by atoms with E-state index in [4.69, 9.17) is 5.26 Å². The van der Waals surface area contributed by atoms with Crippen molar-refractivity contribution >= 4 is 5.78 Å². The molecular formula is C8H5FN2O. The Morgan fingerprint density at radius 1 is 1.67 bits per heavy atom. The second kappa shape index (κ2) is 3.58. The lowest BCUT2D eigenvalue weighted by molar-refractivity contribution is 0.0913. The number of hydrogen-bond donors (Lipinski definition) is 0. The number of carbonyl (C=O) groups excluding carboxylic acids is 1. The molecule has 4 heteroatoms. The highest BCUT2D eigenvalue weighted by Gasteiger charge is 2.18. The second-order valence-electron chi connectivity index (χ2n) is 2.07. The molecule has 0 aromatic carbocycles. The van der Waals surface area contributed by atoms with Crippen molar-refractivity contribution in [2.45, 2.75) is 6.17 Å². The summed E-state index contributed by atoms with van der Waals surface area (Å²) in [5.74, 6) is -0.891. The monoisotopic (exact) mass is 164 g/mol. The van der Waals surface area contributed by atoms with Crippen LogP contribution in [0.15, 0.2) is 24.4 Å². The van der Waals surface area contributed by atoms with Gasteiger partial charge in [-0.25, -0.2) is 4.39 Å². The molecule has 3 nitrogen and oxygen atoms in total. The normalized spacial score (nSPS) is 11.7. The van der Waals surface area contributed by atoms with Gasteiger partial charge in [-0.15, -0.1) is 0 Å². The number of hydrogen-bond acceptors (Lipinski definition) is 3. The molecule has 0 amide bonds. The number of alkyl halides is 1. The molecule has 0 aliphatic rings. The summed E-state index contributed by atoms with van der Waals surface area (Å²) in [7, 11) is 0. The number of Topliss-reactive ketones (excluding diaryl/α,β-unsaturated/α-hetero) is 1. The average molecular weight is 164 g/mol. The van der Waals surface area contributed by atoms with Crippen LogP contribution >= 0.6 is 0 Å². The number of pyridine rings is 1. The van der Waals surface area contributed by atoms with E-state index in [0.29, 0.717) is 0 Å². The van der Waals surface area contributed by atoms with E-state index in [1.807, 2.05) is 0 Å². The van der Waals surface area contributed by atoms with Crippen molar-refractivity contribution in [1.82, 2.24) is 4.98 Å². The van der Waals surface area contributed by atoms with Gasteiger partial charge in [-0.3, -0.25) is 9.78 Å². The van der Waals surface area contributed by atoms with E-state index in [2.05, 4.69) is 4.98 Å². The maximum atomic E-state index is 12.5. The Morgan fingerprint density at radius 2 is 2.42 bits per heavy atom. The fraction of sp³-hybridized carbons (Fsp3) is 0.125. The minimum Gasteiger partial charge on any atom is -0.288 e. The van der Waals surface area contributed by atoms with Crippen LogP contribution < -0.4 is 0 Å². The van der Waals surface area contributed by atoms with Crippen LogP contribution in [0, 0.1) is 11.3 Å². The van der Waals surface area contributed by atoms with Gasteiger partial charge >= 0.3 is 0 Å². The maximum absolute atomic E-state index is 12.5. The SMILES string of the molecule is N#CC(F)C(=O)c1ccccn1. The van der Waals surface area contributed by atoms with Crippen molar-refractivity contribution in [3.05, 3.63) is 30.1 Å². The highest BCUT2D eigenvalue weighted by molar-refractivity contribution is 5.99. The molecule has 0 saturated heterocycles. The second-order valence-corrected chi connectivity index (χ2v) is 2.07. The van der Waals surface area contributed by atoms with Crippen molar-refractivity contribution in [3.63, 3.8) is 0 Å². The van der Waals surface area contributed by atoms with Gasteiger partial charge in [-0.05, 0) is 12.1 Å². The van der Waals surface area contributed by atoms with Crippen LogP contribution in [-0.4, -0.2) is 16.9 Å². The minimum atomic E-state index is -2.11. The lowest BCUT2D eigenvalue weighted by Gasteiger charge is -1.96. The quantitative estimate of drug-likeness (QED) is 0.615. The summed E-state index contributed by atoms with van der Waals surface area (Å²) in [4.78, 5) is 14.5. The number of carbonyl (C=O) groups is 1. The Hall–Kier alpha value is -1.76. The number of ketones is 1. The lowest BCUT2D eigenvalue weighted by atomic mass is 10.2. The van der Waals surface area contributed by atoms with Crippen LogP contribution in [0.1, 0.15) is 10.5 Å². The maximum Gasteiger partial charge on any atom is 0.249 e. The number of aromatic nitrogens is 1. The van der Waals surface area contributed by atoms with Crippen LogP contribution in [0.5, 0.6) is 0 Å². The molecule has 1 unspecified atom stereocenters. The molecule has 0 spiro atoms. The molecule has 1 aromatic rings. The molecule has 0 fully saturated rings. The zero-order valence-electron chi connectivity index (χ0n) is 6.07. The Morgan fingerprint density at radius 3 is 2.92 bits per heavy atom. The van der Waals surface area contributed by atoms with E-state index in [0.717, 1.165) is 0 Å². The van der Waals surface area contributed by atoms with Crippen molar-refractivity contribution in [1.29, 1.82) is 5.26 Å². The third kappa shape index (κ3) is 1.64. The first-order valence-corrected chi connectivity index (χ1v) is 3.24. The molecule has 1 aromatic heterocycles. The van der Waals surface area contributed by atoms with Gasteiger partial charge in [0.1, 0.15) is 11.8 Å². The molecule has 0 bridgehead atoms. The largest absolute Gasteiger partial charge is 0.288 e. The molecule has 0 aliphatic heterocycles. The van der Waals surface area contributed by atoms with Gasteiger partial charge in [0.2, 0.25) is 12.0 Å². The Bertz CT molecular complexity index is 318. The van der Waals surface area contributed by atoms with Gasteiger partial charge in [0.15, 0.2) is 0 Å². The van der Waals surface area contributed by atoms with Gasteiger partial charge in [0, 0.05) is 6.20 Å². The van der Waals surface area contributed by atoms with Gasteiger partial charge in [-0.2, -0.15) is 5.26 Å². The van der Waals surface area contributed by atoms with E-state index in [9.17, 15) is 9.18 Å². The molecule has 0 saturated carbocycles. The van der Waals surface area contributed by atoms with Crippen molar-refractivity contribution in [2.75, 3.05) is 0 Å². The highest BCUT2D eigenvalue weighted by atomic mass is 19.1. The molecule has 1 heterocycles. The van der Waals surface area contributed by atoms with Crippen LogP contribution in [-0.2, 0) is 0 Å². The summed E-state index contributed by atoms with van der Waals surface area (Å²) in [6.07, 6.45) is -0.739. The summed E-state index contributed by atoms with van der Waals surface area (Å²) < 4.78 is 12.5. The zero-order valence-corrected chi connectivity index (χ0v) is 6.07. The van der Waals surface area contributed by atoms with E-state index < -0.39 is 12.0 Å². The zero-order chi connectivity index (χ0) is 8.97. The van der Waals surface area contributed by atoms with E-state index in [1.54, 1.807) is 12.1 Å². The highest BCUT2D eigenvalue weighted by Crippen LogP contribution is 2.01. The molecule has 0 N–H and O–H groups in total. The molecule has 60 valence electrons. The number of rotatable bonds is 2. The van der Waals surface area contributed by atoms with Crippen LogP contribution in [0.3, 0.4) is 0 Å². The van der Waals surface area contributed by atoms with Gasteiger partial charge in [0.25, 0.3) is 0 Å². The summed E-state index contributed by atoms with van der Waals surface area (Å²) >= 11 is 0. The lowest BCUT2D eigenvalue weighted by Crippen LogP contribution is -2.14. The number of nitrogens with zero attached hydrogens (tertiary/aromatic N) is 2. The Kier molecular flexibility index (Phi) is 2.49. The van der Waals surface area contributed by atoms with Gasteiger partial charge in [0.05, 0.1) is 0 Å². The van der Waals surface area contributed by atoms with E-state index >= 15 is 0 Å². The smallest absolute Gasteiger partial charge is 0.249 e. The van der Waals surface area contributed by atoms with E-state index in [-0.39, 0.29) is 5.69 Å². The van der Waals surface area contributed by atoms with Gasteiger partial charge < -0.3 is 0 Å². The van der Waals surface area contributed by atoms with Crippen LogP contribution in [0.4, 0.5) is 4.39 Å². The van der Waals surface area contributed by atoms with Crippen LogP contribution in [0.25, 0.3) is 0 Å². The Labute approximate surface area is 68.5 Å². The molecule has 0 radical (unpaired) electrons. The number of nitriles is 1. The van der Waals surface area contributed by atoms with Crippen LogP contribution in [0.2, 0.25) is 0 Å². The molecule has 1 rings (SSSR count). The molecule has 0 aliphatic carbocycles. The topological polar surface area (TPSA) is 53.8 Å². The molecular weight excluding hydrogens is 159 g/mol. The van der Waals surface area contributed by atoms with Crippen molar-refractivity contribution < 1.29 is 9.18 Å². The summed E-state index contributed by atoms with van der Waals surface area (Å²) in [6.45, 7) is 0. The first-order valence-electron chi connectivity index (χ1n) is 3.24. The summed E-state index contributed by atoms with van der Waals surface area (Å²) in [5, 5.41) is 8.09. The molecule has 1 atom stereocenters. The third-order valence-corrected chi connectivity index (χ3v) is 1.26. The standard InChI is InChI=1S/C8H5FN2O/c9-6(5-10)8(12)7-3-1-2-4-11-7/h1-4,6H. The first-order chi connectivity index (χ1) is 5.75. The third-order valence-electron chi connectivity index (χ3n) is 1.26. The van der Waals surface area contributed by atoms with Gasteiger partial charge in [-0.1, -0.05) is 6.07 Å². The average Bonchev–Trinajstić information content (AvgIpc) is 2.17.